The number of halogens is 3. The van der Waals surface area contributed by atoms with Gasteiger partial charge in [-0.2, -0.15) is 13.2 Å². The number of carbonyl (C=O) groups is 1. The van der Waals surface area contributed by atoms with Crippen molar-refractivity contribution in [2.75, 3.05) is 13.7 Å². The highest BCUT2D eigenvalue weighted by atomic mass is 19.4. The summed E-state index contributed by atoms with van der Waals surface area (Å²) in [5.74, 6) is -0.712. The van der Waals surface area contributed by atoms with E-state index in [4.69, 9.17) is 9.84 Å². The van der Waals surface area contributed by atoms with Gasteiger partial charge in [0.05, 0.1) is 0 Å². The molecule has 1 rings (SSSR count). The van der Waals surface area contributed by atoms with E-state index in [1.54, 1.807) is 44.9 Å². The second-order valence-corrected chi connectivity index (χ2v) is 5.39. The molecule has 124 valence electrons. The van der Waals surface area contributed by atoms with Crippen molar-refractivity contribution in [3.63, 3.8) is 0 Å². The van der Waals surface area contributed by atoms with E-state index in [9.17, 15) is 18.0 Å². The molecule has 0 aromatic heterocycles. The molecule has 1 atom stereocenters. The van der Waals surface area contributed by atoms with Gasteiger partial charge in [-0.25, -0.2) is 0 Å². The summed E-state index contributed by atoms with van der Waals surface area (Å²) in [7, 11) is 1.68. The fourth-order valence-corrected chi connectivity index (χ4v) is 2.13. The molecule has 4 nitrogen and oxygen atoms in total. The van der Waals surface area contributed by atoms with E-state index in [1.165, 1.54) is 0 Å². The first-order chi connectivity index (χ1) is 10.0. The summed E-state index contributed by atoms with van der Waals surface area (Å²) >= 11 is 0. The van der Waals surface area contributed by atoms with E-state index < -0.39 is 24.8 Å². The van der Waals surface area contributed by atoms with Gasteiger partial charge in [-0.1, -0.05) is 12.1 Å². The van der Waals surface area contributed by atoms with Crippen LogP contribution in [0.3, 0.4) is 0 Å². The van der Waals surface area contributed by atoms with Crippen LogP contribution in [0, 0.1) is 13.8 Å². The summed E-state index contributed by atoms with van der Waals surface area (Å²) in [4.78, 5) is 12.6. The van der Waals surface area contributed by atoms with Crippen LogP contribution in [0.4, 0.5) is 13.2 Å². The third kappa shape index (κ3) is 5.22. The van der Waals surface area contributed by atoms with Crippen LogP contribution in [0.5, 0.6) is 5.75 Å². The molecule has 0 radical (unpaired) electrons. The molecular formula is C15H20F3NO3. The van der Waals surface area contributed by atoms with E-state index in [2.05, 4.69) is 0 Å². The first-order valence-corrected chi connectivity index (χ1v) is 6.74. The lowest BCUT2D eigenvalue weighted by Gasteiger charge is -2.22. The second kappa shape index (κ2) is 7.00. The molecule has 0 unspecified atom stereocenters. The Morgan fingerprint density at radius 1 is 1.32 bits per heavy atom. The zero-order valence-electron chi connectivity index (χ0n) is 13.0. The minimum Gasteiger partial charge on any atom is -0.484 e. The molecule has 0 amide bonds. The van der Waals surface area contributed by atoms with Gasteiger partial charge in [0.25, 0.3) is 0 Å². The highest BCUT2D eigenvalue weighted by molar-refractivity contribution is 5.72. The summed E-state index contributed by atoms with van der Waals surface area (Å²) in [6.45, 7) is 3.97. The molecular weight excluding hydrogens is 299 g/mol. The van der Waals surface area contributed by atoms with Crippen LogP contribution < -0.4 is 4.74 Å². The van der Waals surface area contributed by atoms with E-state index >= 15 is 0 Å². The van der Waals surface area contributed by atoms with Crippen molar-refractivity contribution in [2.45, 2.75) is 39.5 Å². The number of hydrogen-bond acceptors (Lipinski definition) is 3. The molecule has 0 spiro atoms. The van der Waals surface area contributed by atoms with E-state index in [0.29, 0.717) is 17.7 Å². The van der Waals surface area contributed by atoms with Crippen molar-refractivity contribution in [1.29, 1.82) is 0 Å². The molecule has 7 heteroatoms. The van der Waals surface area contributed by atoms with Crippen molar-refractivity contribution in [2.24, 2.45) is 0 Å². The average molecular weight is 319 g/mol. The van der Waals surface area contributed by atoms with Crippen LogP contribution in [-0.2, 0) is 11.3 Å². The van der Waals surface area contributed by atoms with Crippen molar-refractivity contribution in [3.8, 4) is 5.75 Å². The summed E-state index contributed by atoms with van der Waals surface area (Å²) in [6, 6.07) is 2.77. The maximum Gasteiger partial charge on any atom is 0.422 e. The normalized spacial score (nSPS) is 13.3. The van der Waals surface area contributed by atoms with Crippen LogP contribution in [0.25, 0.3) is 0 Å². The minimum atomic E-state index is -4.38. The number of hydrogen-bond donors (Lipinski definition) is 1. The van der Waals surface area contributed by atoms with Crippen molar-refractivity contribution < 1.29 is 27.8 Å². The van der Waals surface area contributed by atoms with Crippen LogP contribution in [0.15, 0.2) is 12.1 Å². The molecule has 1 N–H and O–H groups in total. The lowest BCUT2D eigenvalue weighted by molar-refractivity contribution is -0.153. The quantitative estimate of drug-likeness (QED) is 0.875. The van der Waals surface area contributed by atoms with Gasteiger partial charge in [0.2, 0.25) is 0 Å². The van der Waals surface area contributed by atoms with E-state index in [0.717, 1.165) is 5.56 Å². The molecule has 0 bridgehead atoms. The van der Waals surface area contributed by atoms with E-state index in [-0.39, 0.29) is 5.75 Å². The summed E-state index contributed by atoms with van der Waals surface area (Å²) in [6.07, 6.45) is -4.38. The molecule has 1 aromatic rings. The Labute approximate surface area is 127 Å². The Morgan fingerprint density at radius 3 is 2.23 bits per heavy atom. The molecule has 0 fully saturated rings. The van der Waals surface area contributed by atoms with Crippen molar-refractivity contribution in [1.82, 2.24) is 4.90 Å². The Kier molecular flexibility index (Phi) is 5.82. The molecule has 0 saturated heterocycles. The van der Waals surface area contributed by atoms with Gasteiger partial charge in [0.15, 0.2) is 6.61 Å². The minimum absolute atomic E-state index is 0.218. The molecule has 22 heavy (non-hydrogen) atoms. The first kappa shape index (κ1) is 18.3. The molecule has 0 aliphatic heterocycles. The number of aryl methyl sites for hydroxylation is 2. The molecule has 0 aliphatic carbocycles. The van der Waals surface area contributed by atoms with Crippen molar-refractivity contribution in [3.05, 3.63) is 28.8 Å². The van der Waals surface area contributed by atoms with Crippen LogP contribution in [0.1, 0.15) is 23.6 Å². The Morgan fingerprint density at radius 2 is 1.82 bits per heavy atom. The standard InChI is InChI=1S/C15H20F3NO3/c1-9-5-12(7-19(4)11(3)14(20)21)6-10(2)13(9)22-8-15(16,17)18/h5-6,11H,7-8H2,1-4H3,(H,20,21)/t11-/m1/s1. The molecule has 0 aliphatic rings. The zero-order valence-corrected chi connectivity index (χ0v) is 13.0. The number of aliphatic carboxylic acids is 1. The van der Waals surface area contributed by atoms with Gasteiger partial charge in [0, 0.05) is 6.54 Å². The number of nitrogens with zero attached hydrogens (tertiary/aromatic N) is 1. The first-order valence-electron chi connectivity index (χ1n) is 6.74. The highest BCUT2D eigenvalue weighted by Gasteiger charge is 2.29. The van der Waals surface area contributed by atoms with Gasteiger partial charge in [-0.05, 0) is 44.5 Å². The molecule has 0 heterocycles. The van der Waals surface area contributed by atoms with Gasteiger partial charge < -0.3 is 9.84 Å². The maximum atomic E-state index is 12.2. The monoisotopic (exact) mass is 319 g/mol. The predicted molar refractivity (Wildman–Crippen MR) is 76.0 cm³/mol. The van der Waals surface area contributed by atoms with Gasteiger partial charge in [-0.3, -0.25) is 9.69 Å². The summed E-state index contributed by atoms with van der Waals surface area (Å²) in [5.41, 5.74) is 2.01. The predicted octanol–water partition coefficient (Wildman–Crippen LogP) is 3.15. The fraction of sp³-hybridized carbons (Fsp3) is 0.533. The van der Waals surface area contributed by atoms with Crippen LogP contribution in [-0.4, -0.2) is 41.8 Å². The van der Waals surface area contributed by atoms with Gasteiger partial charge in [0.1, 0.15) is 11.8 Å². The fourth-order valence-electron chi connectivity index (χ4n) is 2.13. The van der Waals surface area contributed by atoms with Gasteiger partial charge in [-0.15, -0.1) is 0 Å². The third-order valence-corrected chi connectivity index (χ3v) is 3.35. The number of carboxylic acid groups (broad SMARTS) is 1. The Balaban J connectivity index is 2.87. The number of benzene rings is 1. The summed E-state index contributed by atoms with van der Waals surface area (Å²) < 4.78 is 41.5. The lowest BCUT2D eigenvalue weighted by atomic mass is 10.0. The SMILES string of the molecule is Cc1cc(CN(C)[C@H](C)C(=O)O)cc(C)c1OCC(F)(F)F. The topological polar surface area (TPSA) is 49.8 Å². The average Bonchev–Trinajstić information content (AvgIpc) is 2.35. The van der Waals surface area contributed by atoms with Gasteiger partial charge >= 0.3 is 12.1 Å². The lowest BCUT2D eigenvalue weighted by Crippen LogP contribution is -2.35. The van der Waals surface area contributed by atoms with E-state index in [1.807, 2.05) is 0 Å². The molecule has 0 saturated carbocycles. The number of carboxylic acids is 1. The third-order valence-electron chi connectivity index (χ3n) is 3.35. The zero-order chi connectivity index (χ0) is 17.1. The molecule has 1 aromatic carbocycles. The Bertz CT molecular complexity index is 520. The number of rotatable bonds is 6. The number of ether oxygens (including phenoxy) is 1. The highest BCUT2D eigenvalue weighted by Crippen LogP contribution is 2.27. The smallest absolute Gasteiger partial charge is 0.422 e. The largest absolute Gasteiger partial charge is 0.484 e. The number of alkyl halides is 3. The van der Waals surface area contributed by atoms with Crippen molar-refractivity contribution >= 4 is 5.97 Å². The van der Waals surface area contributed by atoms with Crippen LogP contribution in [0.2, 0.25) is 0 Å². The summed E-state index contributed by atoms with van der Waals surface area (Å²) in [5, 5.41) is 8.96. The number of likely N-dealkylation sites (N-methyl/N-ethyl adjacent to an activating group) is 1. The maximum absolute atomic E-state index is 12.2. The van der Waals surface area contributed by atoms with Crippen LogP contribution >= 0.6 is 0 Å². The second-order valence-electron chi connectivity index (χ2n) is 5.39. The Hall–Kier alpha value is -1.76.